The van der Waals surface area contributed by atoms with Crippen LogP contribution in [-0.2, 0) is 6.54 Å². The van der Waals surface area contributed by atoms with Gasteiger partial charge >= 0.3 is 0 Å². The molecule has 2 aromatic carbocycles. The second kappa shape index (κ2) is 10.5. The highest BCUT2D eigenvalue weighted by molar-refractivity contribution is 6.32. The van der Waals surface area contributed by atoms with Gasteiger partial charge in [0, 0.05) is 24.0 Å². The first-order valence-corrected chi connectivity index (χ1v) is 11.4. The Hall–Kier alpha value is -3.67. The van der Waals surface area contributed by atoms with Crippen LogP contribution < -0.4 is 21.5 Å². The minimum atomic E-state index is -1.57. The predicted octanol–water partition coefficient (Wildman–Crippen LogP) is 3.21. The van der Waals surface area contributed by atoms with Gasteiger partial charge in [-0.1, -0.05) is 48.9 Å². The number of likely N-dealkylation sites (N-methyl/N-ethyl adjacent to an activating group) is 1. The summed E-state index contributed by atoms with van der Waals surface area (Å²) in [6.45, 7) is 4.33. The van der Waals surface area contributed by atoms with Gasteiger partial charge in [-0.05, 0) is 36.4 Å². The highest BCUT2D eigenvalue weighted by Crippen LogP contribution is 2.30. The molecule has 1 unspecified atom stereocenters. The molecule has 174 valence electrons. The summed E-state index contributed by atoms with van der Waals surface area (Å²) in [6, 6.07) is 16.0. The molecule has 0 saturated heterocycles. The predicted molar refractivity (Wildman–Crippen MR) is 132 cm³/mol. The van der Waals surface area contributed by atoms with Gasteiger partial charge in [0.2, 0.25) is 0 Å². The number of alkyl halides is 1. The molecule has 1 atom stereocenters. The van der Waals surface area contributed by atoms with Crippen LogP contribution in [0.2, 0.25) is 0 Å². The third-order valence-electron chi connectivity index (χ3n) is 5.48. The molecule has 3 aromatic rings. The monoisotopic (exact) mass is 478 g/mol. The molecule has 2 heterocycles. The van der Waals surface area contributed by atoms with Gasteiger partial charge in [-0.15, -0.1) is 0 Å². The molecule has 0 aliphatic carbocycles. The number of benzene rings is 2. The van der Waals surface area contributed by atoms with Crippen molar-refractivity contribution in [1.29, 1.82) is 5.26 Å². The lowest BCUT2D eigenvalue weighted by molar-refractivity contribution is 0.356. The summed E-state index contributed by atoms with van der Waals surface area (Å²) in [4.78, 5) is 13.1. The third kappa shape index (κ3) is 4.96. The molecule has 4 rings (SSSR count). The first-order chi connectivity index (χ1) is 16.5. The topological polar surface area (TPSA) is 94.8 Å². The summed E-state index contributed by atoms with van der Waals surface area (Å²) in [5.74, 6) is 0.408. The van der Waals surface area contributed by atoms with Crippen LogP contribution in [0, 0.1) is 11.3 Å². The molecule has 1 aliphatic rings. The Bertz CT molecular complexity index is 1360. The van der Waals surface area contributed by atoms with E-state index in [0.29, 0.717) is 46.0 Å². The number of fused-ring (bicyclic) bond motifs is 1. The Balaban J connectivity index is 1.74. The first kappa shape index (κ1) is 23.5. The molecule has 0 amide bonds. The molecular formula is C25H24ClFN6O. The van der Waals surface area contributed by atoms with Crippen molar-refractivity contribution in [2.24, 2.45) is 0 Å². The Morgan fingerprint density at radius 3 is 2.62 bits per heavy atom. The van der Waals surface area contributed by atoms with Crippen LogP contribution >= 0.6 is 11.6 Å². The van der Waals surface area contributed by atoms with Gasteiger partial charge in [-0.25, -0.2) is 9.07 Å². The van der Waals surface area contributed by atoms with Crippen molar-refractivity contribution in [1.82, 2.24) is 25.7 Å². The number of nitrogens with zero attached hydrogens (tertiary/aromatic N) is 3. The number of hydrogen-bond acceptors (Lipinski definition) is 6. The van der Waals surface area contributed by atoms with Crippen LogP contribution in [0.5, 0.6) is 0 Å². The maximum absolute atomic E-state index is 15.3. The van der Waals surface area contributed by atoms with Crippen molar-refractivity contribution < 1.29 is 4.39 Å². The Labute approximate surface area is 201 Å². The second-order valence-corrected chi connectivity index (χ2v) is 8.18. The van der Waals surface area contributed by atoms with Crippen molar-refractivity contribution >= 4 is 27.9 Å². The molecule has 0 spiro atoms. The van der Waals surface area contributed by atoms with E-state index in [9.17, 15) is 4.79 Å². The van der Waals surface area contributed by atoms with E-state index in [0.717, 1.165) is 12.1 Å². The first-order valence-electron chi connectivity index (χ1n) is 11.0. The van der Waals surface area contributed by atoms with Gasteiger partial charge in [0.25, 0.3) is 5.56 Å². The number of nitrogens with one attached hydrogen (secondary N) is 3. The summed E-state index contributed by atoms with van der Waals surface area (Å²) in [5.41, 5.74) is 1.63. The van der Waals surface area contributed by atoms with Crippen molar-refractivity contribution in [2.45, 2.75) is 19.8 Å². The molecule has 0 bridgehead atoms. The van der Waals surface area contributed by atoms with Gasteiger partial charge in [0.1, 0.15) is 5.82 Å². The Kier molecular flexibility index (Phi) is 7.26. The lowest BCUT2D eigenvalue weighted by atomic mass is 10.0. The van der Waals surface area contributed by atoms with Crippen LogP contribution in [-0.4, -0.2) is 35.7 Å². The number of rotatable bonds is 8. The van der Waals surface area contributed by atoms with Gasteiger partial charge in [-0.2, -0.15) is 10.4 Å². The summed E-state index contributed by atoms with van der Waals surface area (Å²) in [7, 11) is 0. The fourth-order valence-electron chi connectivity index (χ4n) is 3.74. The number of allylic oxidation sites excluding steroid dienone is 2. The Morgan fingerprint density at radius 1 is 1.18 bits per heavy atom. The van der Waals surface area contributed by atoms with E-state index in [1.54, 1.807) is 54.6 Å². The van der Waals surface area contributed by atoms with Crippen molar-refractivity contribution in [3.8, 4) is 6.07 Å². The van der Waals surface area contributed by atoms with Gasteiger partial charge < -0.3 is 16.0 Å². The zero-order chi connectivity index (χ0) is 24.1. The smallest absolute Gasteiger partial charge is 0.274 e. The summed E-state index contributed by atoms with van der Waals surface area (Å²) in [6.07, 6.45) is -0.0234. The van der Waals surface area contributed by atoms with Crippen LogP contribution in [0.1, 0.15) is 23.7 Å². The van der Waals surface area contributed by atoms with Crippen LogP contribution in [0.25, 0.3) is 16.3 Å². The fraction of sp³-hybridized carbons (Fsp3) is 0.240. The van der Waals surface area contributed by atoms with E-state index in [4.69, 9.17) is 16.9 Å². The van der Waals surface area contributed by atoms with E-state index in [1.165, 1.54) is 4.68 Å². The molecule has 3 N–H and O–H groups in total. The molecular weight excluding hydrogens is 455 g/mol. The molecule has 0 fully saturated rings. The second-order valence-electron chi connectivity index (χ2n) is 7.78. The number of nitriles is 1. The summed E-state index contributed by atoms with van der Waals surface area (Å²) >= 11 is 6.45. The molecule has 0 radical (unpaired) electrons. The van der Waals surface area contributed by atoms with E-state index in [-0.39, 0.29) is 17.7 Å². The number of aromatic nitrogens is 2. The van der Waals surface area contributed by atoms with Gasteiger partial charge in [-0.3, -0.25) is 4.79 Å². The van der Waals surface area contributed by atoms with Crippen LogP contribution in [0.15, 0.2) is 70.3 Å². The lowest BCUT2D eigenvalue weighted by Gasteiger charge is -2.25. The average Bonchev–Trinajstić information content (AvgIpc) is 2.86. The largest absolute Gasteiger partial charge is 0.369 e. The third-order valence-corrected chi connectivity index (χ3v) is 5.77. The molecule has 7 nitrogen and oxygen atoms in total. The molecule has 34 heavy (non-hydrogen) atoms. The lowest BCUT2D eigenvalue weighted by Crippen LogP contribution is -2.39. The molecule has 9 heteroatoms. The molecule has 1 aliphatic heterocycles. The van der Waals surface area contributed by atoms with Gasteiger partial charge in [0.05, 0.1) is 34.3 Å². The Morgan fingerprint density at radius 2 is 1.91 bits per heavy atom. The van der Waals surface area contributed by atoms with E-state index < -0.39 is 6.30 Å². The quantitative estimate of drug-likeness (QED) is 0.340. The number of dihydropyridines is 1. The van der Waals surface area contributed by atoms with Gasteiger partial charge in [0.15, 0.2) is 6.30 Å². The number of halogens is 2. The van der Waals surface area contributed by atoms with Crippen molar-refractivity contribution in [2.75, 3.05) is 19.6 Å². The van der Waals surface area contributed by atoms with E-state index in [2.05, 4.69) is 27.1 Å². The highest BCUT2D eigenvalue weighted by atomic mass is 35.5. The number of hydrogen-bond donors (Lipinski definition) is 3. The van der Waals surface area contributed by atoms with E-state index in [1.807, 2.05) is 6.92 Å². The summed E-state index contributed by atoms with van der Waals surface area (Å²) in [5, 5.41) is 23.9. The van der Waals surface area contributed by atoms with Crippen molar-refractivity contribution in [3.05, 3.63) is 92.6 Å². The normalized spacial score (nSPS) is 15.6. The fourth-order valence-corrected chi connectivity index (χ4v) is 3.98. The zero-order valence-corrected chi connectivity index (χ0v) is 19.4. The maximum Gasteiger partial charge on any atom is 0.274 e. The molecule has 0 saturated carbocycles. The molecule has 1 aromatic heterocycles. The van der Waals surface area contributed by atoms with Crippen LogP contribution in [0.3, 0.4) is 0 Å². The highest BCUT2D eigenvalue weighted by Gasteiger charge is 2.26. The van der Waals surface area contributed by atoms with E-state index >= 15 is 4.39 Å². The summed E-state index contributed by atoms with van der Waals surface area (Å²) < 4.78 is 16.6. The zero-order valence-electron chi connectivity index (χ0n) is 18.6. The average molecular weight is 479 g/mol. The minimum absolute atomic E-state index is 0.181. The SMILES string of the molecule is CCNCCNC1=C(Cl)C=C(c2nn(Cc3ccc(C#N)cc3)c(=O)c3ccccc23)C(F)N1. The maximum atomic E-state index is 15.3. The minimum Gasteiger partial charge on any atom is -0.369 e. The standard InChI is InChI=1S/C25H24ClFN6O/c1-2-29-11-12-30-24-21(26)13-20(23(27)31-24)22-18-5-3-4-6-19(18)25(34)33(32-22)15-17-9-7-16(14-28)8-10-17/h3-10,13,23,29-31H,2,11-12,15H2,1H3. The van der Waals surface area contributed by atoms with Crippen LogP contribution in [0.4, 0.5) is 4.39 Å². The van der Waals surface area contributed by atoms with Crippen molar-refractivity contribution in [3.63, 3.8) is 0 Å².